The van der Waals surface area contributed by atoms with Gasteiger partial charge >= 0.3 is 0 Å². The molecule has 0 amide bonds. The lowest BCUT2D eigenvalue weighted by molar-refractivity contribution is 0.128. The highest BCUT2D eigenvalue weighted by molar-refractivity contribution is 5.56. The molecule has 0 radical (unpaired) electrons. The summed E-state index contributed by atoms with van der Waals surface area (Å²) >= 11 is 0. The molecule has 102 valence electrons. The van der Waals surface area contributed by atoms with Crippen LogP contribution in [0.15, 0.2) is 18.2 Å². The molecule has 0 atom stereocenters. The van der Waals surface area contributed by atoms with Crippen molar-refractivity contribution in [3.63, 3.8) is 0 Å². The number of nitriles is 1. The third kappa shape index (κ3) is 3.08. The van der Waals surface area contributed by atoms with Gasteiger partial charge in [-0.2, -0.15) is 5.26 Å². The molecule has 0 aliphatic carbocycles. The van der Waals surface area contributed by atoms with Crippen molar-refractivity contribution in [3.05, 3.63) is 29.3 Å². The highest BCUT2D eigenvalue weighted by Gasteiger charge is 2.26. The zero-order chi connectivity index (χ0) is 14.0. The van der Waals surface area contributed by atoms with Gasteiger partial charge in [0.15, 0.2) is 0 Å². The van der Waals surface area contributed by atoms with Gasteiger partial charge in [0.05, 0.1) is 11.6 Å². The van der Waals surface area contributed by atoms with Gasteiger partial charge in [-0.25, -0.2) is 0 Å². The molecule has 0 bridgehead atoms. The summed E-state index contributed by atoms with van der Waals surface area (Å²) in [6.45, 7) is 13.2. The van der Waals surface area contributed by atoms with Crippen molar-refractivity contribution in [2.75, 3.05) is 31.1 Å². The molecule has 1 aliphatic rings. The smallest absolute Gasteiger partial charge is 0.0991 e. The van der Waals surface area contributed by atoms with E-state index in [-0.39, 0.29) is 5.54 Å². The number of rotatable bonds is 1. The number of nitrogens with zero attached hydrogens (tertiary/aromatic N) is 3. The average Bonchev–Trinajstić information content (AvgIpc) is 2.37. The summed E-state index contributed by atoms with van der Waals surface area (Å²) in [4.78, 5) is 4.96. The highest BCUT2D eigenvalue weighted by Crippen LogP contribution is 2.24. The van der Waals surface area contributed by atoms with Gasteiger partial charge in [0.25, 0.3) is 0 Å². The summed E-state index contributed by atoms with van der Waals surface area (Å²) in [6.07, 6.45) is 0. The second kappa shape index (κ2) is 5.22. The predicted molar refractivity (Wildman–Crippen MR) is 79.4 cm³/mol. The van der Waals surface area contributed by atoms with Crippen molar-refractivity contribution in [1.82, 2.24) is 4.90 Å². The minimum atomic E-state index is 0.256. The summed E-state index contributed by atoms with van der Waals surface area (Å²) in [7, 11) is 0. The standard InChI is InChI=1S/C16H23N3/c1-13-11-14(12-17)5-6-15(13)18-7-9-19(10-8-18)16(2,3)4/h5-6,11H,7-10H2,1-4H3. The maximum absolute atomic E-state index is 8.92. The van der Waals surface area contributed by atoms with E-state index in [1.54, 1.807) is 0 Å². The van der Waals surface area contributed by atoms with Gasteiger partial charge < -0.3 is 4.90 Å². The van der Waals surface area contributed by atoms with Crippen LogP contribution in [0.4, 0.5) is 5.69 Å². The molecule has 1 aliphatic heterocycles. The van der Waals surface area contributed by atoms with Gasteiger partial charge in [-0.15, -0.1) is 0 Å². The minimum Gasteiger partial charge on any atom is -0.369 e. The van der Waals surface area contributed by atoms with E-state index in [1.165, 1.54) is 11.3 Å². The summed E-state index contributed by atoms with van der Waals surface area (Å²) < 4.78 is 0. The molecule has 0 unspecified atom stereocenters. The molecule has 1 fully saturated rings. The molecule has 1 aromatic rings. The number of anilines is 1. The molecule has 0 saturated carbocycles. The van der Waals surface area contributed by atoms with E-state index in [2.05, 4.69) is 49.6 Å². The first-order valence-corrected chi connectivity index (χ1v) is 6.92. The van der Waals surface area contributed by atoms with Gasteiger partial charge in [0.2, 0.25) is 0 Å². The number of benzene rings is 1. The van der Waals surface area contributed by atoms with Gasteiger partial charge in [-0.05, 0) is 51.5 Å². The third-order valence-corrected chi connectivity index (χ3v) is 3.89. The maximum Gasteiger partial charge on any atom is 0.0991 e. The van der Waals surface area contributed by atoms with Crippen molar-refractivity contribution < 1.29 is 0 Å². The van der Waals surface area contributed by atoms with Gasteiger partial charge in [-0.1, -0.05) is 0 Å². The Balaban J connectivity index is 2.08. The Kier molecular flexibility index (Phi) is 3.82. The van der Waals surface area contributed by atoms with Crippen molar-refractivity contribution in [3.8, 4) is 6.07 Å². The fourth-order valence-corrected chi connectivity index (χ4v) is 2.70. The Morgan fingerprint density at radius 1 is 1.11 bits per heavy atom. The number of aryl methyl sites for hydroxylation is 1. The Morgan fingerprint density at radius 2 is 1.74 bits per heavy atom. The summed E-state index contributed by atoms with van der Waals surface area (Å²) in [5.41, 5.74) is 3.47. The number of hydrogen-bond acceptors (Lipinski definition) is 3. The average molecular weight is 257 g/mol. The molecule has 0 aromatic heterocycles. The van der Waals surface area contributed by atoms with E-state index in [4.69, 9.17) is 5.26 Å². The molecular formula is C16H23N3. The van der Waals surface area contributed by atoms with Crippen LogP contribution in [0.25, 0.3) is 0 Å². The molecule has 0 spiro atoms. The van der Waals surface area contributed by atoms with E-state index in [0.717, 1.165) is 31.7 Å². The summed E-state index contributed by atoms with van der Waals surface area (Å²) in [5.74, 6) is 0. The molecule has 19 heavy (non-hydrogen) atoms. The van der Waals surface area contributed by atoms with Crippen LogP contribution >= 0.6 is 0 Å². The van der Waals surface area contributed by atoms with E-state index in [1.807, 2.05) is 12.1 Å². The minimum absolute atomic E-state index is 0.256. The van der Waals surface area contributed by atoms with Gasteiger partial charge in [-0.3, -0.25) is 4.90 Å². The largest absolute Gasteiger partial charge is 0.369 e. The van der Waals surface area contributed by atoms with Gasteiger partial charge in [0.1, 0.15) is 0 Å². The number of hydrogen-bond donors (Lipinski definition) is 0. The quantitative estimate of drug-likeness (QED) is 0.775. The molecule has 2 rings (SSSR count). The first kappa shape index (κ1) is 13.9. The first-order valence-electron chi connectivity index (χ1n) is 6.92. The molecule has 1 aromatic carbocycles. The Bertz CT molecular complexity index is 486. The van der Waals surface area contributed by atoms with E-state index >= 15 is 0 Å². The van der Waals surface area contributed by atoms with Gasteiger partial charge in [0, 0.05) is 37.4 Å². The van der Waals surface area contributed by atoms with Crippen LogP contribution in [0.3, 0.4) is 0 Å². The molecule has 0 N–H and O–H groups in total. The predicted octanol–water partition coefficient (Wildman–Crippen LogP) is 2.79. The van der Waals surface area contributed by atoms with E-state index in [9.17, 15) is 0 Å². The Hall–Kier alpha value is -1.53. The third-order valence-electron chi connectivity index (χ3n) is 3.89. The molecular weight excluding hydrogens is 234 g/mol. The topological polar surface area (TPSA) is 30.3 Å². The molecule has 3 heteroatoms. The maximum atomic E-state index is 8.92. The molecule has 1 heterocycles. The van der Waals surface area contributed by atoms with Crippen molar-refractivity contribution in [1.29, 1.82) is 5.26 Å². The highest BCUT2D eigenvalue weighted by atomic mass is 15.3. The van der Waals surface area contributed by atoms with E-state index in [0.29, 0.717) is 0 Å². The Morgan fingerprint density at radius 3 is 2.21 bits per heavy atom. The summed E-state index contributed by atoms with van der Waals surface area (Å²) in [5, 5.41) is 8.92. The van der Waals surface area contributed by atoms with Crippen LogP contribution in [-0.2, 0) is 0 Å². The fourth-order valence-electron chi connectivity index (χ4n) is 2.70. The Labute approximate surface area is 116 Å². The monoisotopic (exact) mass is 257 g/mol. The lowest BCUT2D eigenvalue weighted by atomic mass is 10.0. The van der Waals surface area contributed by atoms with Crippen LogP contribution < -0.4 is 4.90 Å². The SMILES string of the molecule is Cc1cc(C#N)ccc1N1CCN(C(C)(C)C)CC1. The molecule has 3 nitrogen and oxygen atoms in total. The van der Waals surface area contributed by atoms with Crippen molar-refractivity contribution in [2.45, 2.75) is 33.2 Å². The normalized spacial score (nSPS) is 17.3. The van der Waals surface area contributed by atoms with Crippen LogP contribution in [0.1, 0.15) is 31.9 Å². The number of piperazine rings is 1. The van der Waals surface area contributed by atoms with Crippen LogP contribution in [0.2, 0.25) is 0 Å². The van der Waals surface area contributed by atoms with Crippen LogP contribution in [-0.4, -0.2) is 36.6 Å². The second-order valence-electron chi connectivity index (χ2n) is 6.26. The van der Waals surface area contributed by atoms with Crippen LogP contribution in [0.5, 0.6) is 0 Å². The van der Waals surface area contributed by atoms with Crippen molar-refractivity contribution >= 4 is 5.69 Å². The van der Waals surface area contributed by atoms with E-state index < -0.39 is 0 Å². The van der Waals surface area contributed by atoms with Crippen LogP contribution in [0, 0.1) is 18.3 Å². The second-order valence-corrected chi connectivity index (χ2v) is 6.26. The van der Waals surface area contributed by atoms with Crippen molar-refractivity contribution in [2.24, 2.45) is 0 Å². The first-order chi connectivity index (χ1) is 8.91. The fraction of sp³-hybridized carbons (Fsp3) is 0.562. The lowest BCUT2D eigenvalue weighted by Crippen LogP contribution is -2.53. The zero-order valence-electron chi connectivity index (χ0n) is 12.4. The lowest BCUT2D eigenvalue weighted by Gasteiger charge is -2.43. The molecule has 1 saturated heterocycles. The zero-order valence-corrected chi connectivity index (χ0v) is 12.4. The summed E-state index contributed by atoms with van der Waals surface area (Å²) in [6, 6.07) is 8.17.